The highest BCUT2D eigenvalue weighted by atomic mass is 35.5. The average molecular weight is 411 g/mol. The Hall–Kier alpha value is -2.29. The lowest BCUT2D eigenvalue weighted by Gasteiger charge is -2.10. The van der Waals surface area contributed by atoms with Gasteiger partial charge < -0.3 is 0 Å². The minimum absolute atomic E-state index is 0.0678. The van der Waals surface area contributed by atoms with E-state index in [0.717, 1.165) is 10.2 Å². The largest absolute Gasteiger partial charge is 0.279 e. The zero-order chi connectivity index (χ0) is 18.9. The van der Waals surface area contributed by atoms with Crippen LogP contribution in [0.3, 0.4) is 0 Å². The fraction of sp³-hybridized carbons (Fsp3) is 0.0588. The summed E-state index contributed by atoms with van der Waals surface area (Å²) in [5.74, 6) is 0. The number of benzene rings is 2. The molecule has 0 spiro atoms. The Bertz CT molecular complexity index is 1150. The minimum Gasteiger partial charge on any atom is -0.279 e. The van der Waals surface area contributed by atoms with Crippen LogP contribution in [0.15, 0.2) is 76.8 Å². The summed E-state index contributed by atoms with van der Waals surface area (Å²) in [6, 6.07) is 13.8. The molecule has 1 aromatic heterocycles. The zero-order valence-corrected chi connectivity index (χ0v) is 16.0. The van der Waals surface area contributed by atoms with Gasteiger partial charge in [0.2, 0.25) is 0 Å². The van der Waals surface area contributed by atoms with Crippen molar-refractivity contribution in [2.24, 2.45) is 0 Å². The predicted octanol–water partition coefficient (Wildman–Crippen LogP) is 3.49. The van der Waals surface area contributed by atoms with Gasteiger partial charge in [-0.2, -0.15) is 0 Å². The normalized spacial score (nSPS) is 12.1. The van der Waals surface area contributed by atoms with E-state index in [9.17, 15) is 16.8 Å². The zero-order valence-electron chi connectivity index (χ0n) is 13.6. The third-order valence-electron chi connectivity index (χ3n) is 3.71. The number of nitrogens with zero attached hydrogens (tertiary/aromatic N) is 1. The highest BCUT2D eigenvalue weighted by molar-refractivity contribution is 7.93. The molecule has 9 heteroatoms. The summed E-state index contributed by atoms with van der Waals surface area (Å²) in [6.07, 6.45) is 2.26. The number of anilines is 1. The Kier molecular flexibility index (Phi) is 4.83. The lowest BCUT2D eigenvalue weighted by molar-refractivity contribution is 0.587. The Balaban J connectivity index is 1.95. The first-order valence-electron chi connectivity index (χ1n) is 7.48. The predicted molar refractivity (Wildman–Crippen MR) is 100 cm³/mol. The van der Waals surface area contributed by atoms with Crippen molar-refractivity contribution in [1.82, 2.24) is 3.97 Å². The molecule has 3 rings (SSSR count). The van der Waals surface area contributed by atoms with Gasteiger partial charge in [-0.1, -0.05) is 35.9 Å². The van der Waals surface area contributed by atoms with Crippen molar-refractivity contribution in [1.29, 1.82) is 0 Å². The van der Waals surface area contributed by atoms with Gasteiger partial charge in [0.1, 0.15) is 4.90 Å². The minimum atomic E-state index is -3.97. The first kappa shape index (κ1) is 18.5. The first-order chi connectivity index (χ1) is 12.2. The second-order valence-electron chi connectivity index (χ2n) is 5.56. The highest BCUT2D eigenvalue weighted by Gasteiger charge is 2.22. The van der Waals surface area contributed by atoms with Gasteiger partial charge in [-0.3, -0.25) is 4.72 Å². The maximum atomic E-state index is 12.6. The fourth-order valence-corrected chi connectivity index (χ4v) is 4.87. The molecule has 136 valence electrons. The molecule has 0 bridgehead atoms. The highest BCUT2D eigenvalue weighted by Crippen LogP contribution is 2.24. The molecule has 0 aliphatic heterocycles. The van der Waals surface area contributed by atoms with Crippen molar-refractivity contribution in [3.63, 3.8) is 0 Å². The second-order valence-corrected chi connectivity index (χ2v) is 9.52. The van der Waals surface area contributed by atoms with E-state index < -0.39 is 20.0 Å². The van der Waals surface area contributed by atoms with Gasteiger partial charge in [-0.15, -0.1) is 0 Å². The molecule has 6 nitrogen and oxygen atoms in total. The molecule has 0 saturated heterocycles. The summed E-state index contributed by atoms with van der Waals surface area (Å²) in [5, 5.41) is 0.387. The maximum Gasteiger partial charge on any atom is 0.267 e. The fourth-order valence-electron chi connectivity index (χ4n) is 2.29. The number of sulfonamides is 1. The van der Waals surface area contributed by atoms with E-state index >= 15 is 0 Å². The van der Waals surface area contributed by atoms with Crippen LogP contribution in [-0.2, 0) is 20.0 Å². The van der Waals surface area contributed by atoms with E-state index in [-0.39, 0.29) is 9.79 Å². The van der Waals surface area contributed by atoms with Crippen LogP contribution < -0.4 is 4.72 Å². The topological polar surface area (TPSA) is 85.2 Å². The van der Waals surface area contributed by atoms with Gasteiger partial charge in [0.15, 0.2) is 0 Å². The van der Waals surface area contributed by atoms with E-state index in [1.807, 2.05) is 0 Å². The molecular formula is C17H15ClN2O4S2. The van der Waals surface area contributed by atoms with E-state index in [1.54, 1.807) is 37.3 Å². The van der Waals surface area contributed by atoms with Crippen LogP contribution in [0.5, 0.6) is 0 Å². The number of aryl methyl sites for hydroxylation is 1. The van der Waals surface area contributed by atoms with Crippen molar-refractivity contribution < 1.29 is 16.8 Å². The molecule has 26 heavy (non-hydrogen) atoms. The molecule has 0 saturated carbocycles. The number of hydrogen-bond acceptors (Lipinski definition) is 4. The van der Waals surface area contributed by atoms with E-state index in [2.05, 4.69) is 4.72 Å². The van der Waals surface area contributed by atoms with Crippen LogP contribution in [-0.4, -0.2) is 20.8 Å². The maximum absolute atomic E-state index is 12.6. The SMILES string of the molecule is Cc1ccc(Cl)cc1NS(=O)(=O)c1ccn(S(=O)(=O)c2ccccc2)c1. The summed E-state index contributed by atoms with van der Waals surface area (Å²) in [6.45, 7) is 1.74. The van der Waals surface area contributed by atoms with E-state index in [4.69, 9.17) is 11.6 Å². The molecule has 0 atom stereocenters. The number of aromatic nitrogens is 1. The lowest BCUT2D eigenvalue weighted by atomic mass is 10.2. The van der Waals surface area contributed by atoms with Crippen LogP contribution in [0.25, 0.3) is 0 Å². The monoisotopic (exact) mass is 410 g/mol. The molecule has 2 aromatic carbocycles. The van der Waals surface area contributed by atoms with Gasteiger partial charge in [-0.25, -0.2) is 20.8 Å². The quantitative estimate of drug-likeness (QED) is 0.697. The molecule has 0 aliphatic rings. The van der Waals surface area contributed by atoms with Crippen LogP contribution in [0.4, 0.5) is 5.69 Å². The molecule has 0 fully saturated rings. The van der Waals surface area contributed by atoms with E-state index in [1.165, 1.54) is 30.5 Å². The van der Waals surface area contributed by atoms with Gasteiger partial charge in [0.05, 0.1) is 10.6 Å². The van der Waals surface area contributed by atoms with Gasteiger partial charge in [0, 0.05) is 17.4 Å². The summed E-state index contributed by atoms with van der Waals surface area (Å²) in [7, 11) is -7.83. The average Bonchev–Trinajstić information content (AvgIpc) is 3.11. The smallest absolute Gasteiger partial charge is 0.267 e. The third kappa shape index (κ3) is 3.62. The molecule has 1 N–H and O–H groups in total. The summed E-state index contributed by atoms with van der Waals surface area (Å²) in [5.41, 5.74) is 1.02. The number of halogens is 1. The molecule has 1 heterocycles. The van der Waals surface area contributed by atoms with E-state index in [0.29, 0.717) is 16.3 Å². The molecular weight excluding hydrogens is 396 g/mol. The molecule has 3 aromatic rings. The summed E-state index contributed by atoms with van der Waals surface area (Å²) in [4.78, 5) is -0.102. The number of hydrogen-bond donors (Lipinski definition) is 1. The van der Waals surface area contributed by atoms with Crippen molar-refractivity contribution in [3.8, 4) is 0 Å². The lowest BCUT2D eigenvalue weighted by Crippen LogP contribution is -2.14. The molecule has 0 radical (unpaired) electrons. The Labute approximate surface area is 157 Å². The third-order valence-corrected chi connectivity index (χ3v) is 6.95. The van der Waals surface area contributed by atoms with Crippen LogP contribution in [0.1, 0.15) is 5.56 Å². The number of nitrogens with one attached hydrogen (secondary N) is 1. The van der Waals surface area contributed by atoms with Gasteiger partial charge >= 0.3 is 0 Å². The number of rotatable bonds is 5. The van der Waals surface area contributed by atoms with Crippen molar-refractivity contribution in [2.45, 2.75) is 16.7 Å². The summed E-state index contributed by atoms with van der Waals surface area (Å²) < 4.78 is 53.6. The second kappa shape index (κ2) is 6.79. The molecule has 0 unspecified atom stereocenters. The van der Waals surface area contributed by atoms with Crippen molar-refractivity contribution in [2.75, 3.05) is 4.72 Å². The molecule has 0 amide bonds. The van der Waals surface area contributed by atoms with Crippen LogP contribution in [0, 0.1) is 6.92 Å². The first-order valence-corrected chi connectivity index (χ1v) is 10.8. The van der Waals surface area contributed by atoms with Crippen LogP contribution in [0.2, 0.25) is 5.02 Å². The molecule has 0 aliphatic carbocycles. The van der Waals surface area contributed by atoms with Crippen LogP contribution >= 0.6 is 11.6 Å². The standard InChI is InChI=1S/C17H15ClN2O4S2/c1-13-7-8-14(18)11-17(13)19-25(21,22)16-9-10-20(12-16)26(23,24)15-5-3-2-4-6-15/h2-12,19H,1H3. The summed E-state index contributed by atoms with van der Waals surface area (Å²) >= 11 is 5.91. The van der Waals surface area contributed by atoms with Gasteiger partial charge in [0.25, 0.3) is 20.0 Å². The van der Waals surface area contributed by atoms with Crippen molar-refractivity contribution >= 4 is 37.3 Å². The Morgan fingerprint density at radius 1 is 0.923 bits per heavy atom. The van der Waals surface area contributed by atoms with Crippen molar-refractivity contribution in [3.05, 3.63) is 77.6 Å². The van der Waals surface area contributed by atoms with Gasteiger partial charge in [-0.05, 0) is 42.8 Å². The Morgan fingerprint density at radius 3 is 2.31 bits per heavy atom. The Morgan fingerprint density at radius 2 is 1.62 bits per heavy atom.